The average molecular weight is 311 g/mol. The molecule has 17 heavy (non-hydrogen) atoms. The minimum atomic E-state index is 0.179. The van der Waals surface area contributed by atoms with Gasteiger partial charge in [-0.2, -0.15) is 0 Å². The van der Waals surface area contributed by atoms with Gasteiger partial charge in [0.2, 0.25) is 0 Å². The number of hydrogen-bond donors (Lipinski definition) is 1. The fourth-order valence-corrected chi connectivity index (χ4v) is 2.43. The molecule has 0 saturated carbocycles. The van der Waals surface area contributed by atoms with Crippen molar-refractivity contribution in [3.05, 3.63) is 63.6 Å². The SMILES string of the molecule is CC(Nc1cccc(Br)c1)c1ccccc1Cl. The summed E-state index contributed by atoms with van der Waals surface area (Å²) in [4.78, 5) is 0. The summed E-state index contributed by atoms with van der Waals surface area (Å²) in [7, 11) is 0. The van der Waals surface area contributed by atoms with E-state index in [1.807, 2.05) is 48.5 Å². The first-order chi connectivity index (χ1) is 8.16. The van der Waals surface area contributed by atoms with Crippen LogP contribution < -0.4 is 5.32 Å². The van der Waals surface area contributed by atoms with Gasteiger partial charge in [0.15, 0.2) is 0 Å². The number of hydrogen-bond acceptors (Lipinski definition) is 1. The Kier molecular flexibility index (Phi) is 4.08. The van der Waals surface area contributed by atoms with Crippen LogP contribution in [0.3, 0.4) is 0 Å². The van der Waals surface area contributed by atoms with E-state index in [4.69, 9.17) is 11.6 Å². The molecule has 1 atom stereocenters. The Hall–Kier alpha value is -0.990. The quantitative estimate of drug-likeness (QED) is 0.813. The molecular weight excluding hydrogens is 298 g/mol. The lowest BCUT2D eigenvalue weighted by atomic mass is 10.1. The lowest BCUT2D eigenvalue weighted by Crippen LogP contribution is -2.06. The monoisotopic (exact) mass is 309 g/mol. The Morgan fingerprint density at radius 3 is 2.59 bits per heavy atom. The van der Waals surface area contributed by atoms with Crippen LogP contribution >= 0.6 is 27.5 Å². The van der Waals surface area contributed by atoms with E-state index in [1.54, 1.807) is 0 Å². The molecule has 1 N–H and O–H groups in total. The smallest absolute Gasteiger partial charge is 0.0500 e. The van der Waals surface area contributed by atoms with Crippen molar-refractivity contribution in [2.45, 2.75) is 13.0 Å². The second-order valence-corrected chi connectivity index (χ2v) is 5.22. The van der Waals surface area contributed by atoms with Crippen LogP contribution in [0.2, 0.25) is 5.02 Å². The number of rotatable bonds is 3. The molecule has 0 aromatic heterocycles. The number of halogens is 2. The second-order valence-electron chi connectivity index (χ2n) is 3.90. The van der Waals surface area contributed by atoms with E-state index in [2.05, 4.69) is 28.2 Å². The summed E-state index contributed by atoms with van der Waals surface area (Å²) in [5.41, 5.74) is 2.18. The van der Waals surface area contributed by atoms with Gasteiger partial charge >= 0.3 is 0 Å². The second kappa shape index (κ2) is 5.56. The summed E-state index contributed by atoms with van der Waals surface area (Å²) in [5.74, 6) is 0. The van der Waals surface area contributed by atoms with Crippen LogP contribution in [0.5, 0.6) is 0 Å². The third kappa shape index (κ3) is 3.24. The topological polar surface area (TPSA) is 12.0 Å². The van der Waals surface area contributed by atoms with E-state index in [0.717, 1.165) is 20.7 Å². The van der Waals surface area contributed by atoms with Gasteiger partial charge in [0, 0.05) is 21.2 Å². The predicted molar refractivity (Wildman–Crippen MR) is 77.6 cm³/mol. The fourth-order valence-electron chi connectivity index (χ4n) is 1.73. The summed E-state index contributed by atoms with van der Waals surface area (Å²) >= 11 is 9.62. The summed E-state index contributed by atoms with van der Waals surface area (Å²) in [6.45, 7) is 2.10. The zero-order chi connectivity index (χ0) is 12.3. The van der Waals surface area contributed by atoms with Gasteiger partial charge in [-0.1, -0.05) is 51.8 Å². The fraction of sp³-hybridized carbons (Fsp3) is 0.143. The minimum absolute atomic E-state index is 0.179. The Labute approximate surface area is 115 Å². The van der Waals surface area contributed by atoms with Crippen LogP contribution in [0.1, 0.15) is 18.5 Å². The molecule has 0 aliphatic carbocycles. The molecular formula is C14H13BrClN. The van der Waals surface area contributed by atoms with Crippen molar-refractivity contribution in [2.75, 3.05) is 5.32 Å². The van der Waals surface area contributed by atoms with Gasteiger partial charge < -0.3 is 5.32 Å². The van der Waals surface area contributed by atoms with Crippen molar-refractivity contribution in [3.8, 4) is 0 Å². The highest BCUT2D eigenvalue weighted by Crippen LogP contribution is 2.26. The molecule has 0 fully saturated rings. The highest BCUT2D eigenvalue weighted by molar-refractivity contribution is 9.10. The normalized spacial score (nSPS) is 12.2. The van der Waals surface area contributed by atoms with Crippen LogP contribution in [0.4, 0.5) is 5.69 Å². The molecule has 88 valence electrons. The first-order valence-electron chi connectivity index (χ1n) is 5.43. The first-order valence-corrected chi connectivity index (χ1v) is 6.60. The van der Waals surface area contributed by atoms with Crippen LogP contribution in [-0.4, -0.2) is 0 Å². The van der Waals surface area contributed by atoms with Crippen molar-refractivity contribution in [1.82, 2.24) is 0 Å². The molecule has 0 bridgehead atoms. The molecule has 1 unspecified atom stereocenters. The van der Waals surface area contributed by atoms with Crippen molar-refractivity contribution in [2.24, 2.45) is 0 Å². The summed E-state index contributed by atoms with van der Waals surface area (Å²) < 4.78 is 1.06. The van der Waals surface area contributed by atoms with Gasteiger partial charge in [-0.05, 0) is 36.8 Å². The van der Waals surface area contributed by atoms with E-state index in [-0.39, 0.29) is 6.04 Å². The van der Waals surface area contributed by atoms with Crippen molar-refractivity contribution in [3.63, 3.8) is 0 Å². The van der Waals surface area contributed by atoms with Gasteiger partial charge in [0.05, 0.1) is 0 Å². The van der Waals surface area contributed by atoms with Crippen LogP contribution in [-0.2, 0) is 0 Å². The van der Waals surface area contributed by atoms with E-state index in [0.29, 0.717) is 0 Å². The maximum atomic E-state index is 6.17. The third-order valence-corrected chi connectivity index (χ3v) is 3.42. The van der Waals surface area contributed by atoms with Crippen molar-refractivity contribution in [1.29, 1.82) is 0 Å². The van der Waals surface area contributed by atoms with E-state index < -0.39 is 0 Å². The number of anilines is 1. The summed E-state index contributed by atoms with van der Waals surface area (Å²) in [5, 5.41) is 4.22. The molecule has 0 spiro atoms. The molecule has 0 amide bonds. The van der Waals surface area contributed by atoms with Crippen LogP contribution in [0.25, 0.3) is 0 Å². The van der Waals surface area contributed by atoms with E-state index >= 15 is 0 Å². The summed E-state index contributed by atoms with van der Waals surface area (Å²) in [6, 6.07) is 16.2. The zero-order valence-corrected chi connectivity index (χ0v) is 11.8. The van der Waals surface area contributed by atoms with Crippen LogP contribution in [0, 0.1) is 0 Å². The Balaban J connectivity index is 2.17. The molecule has 2 aromatic rings. The maximum absolute atomic E-state index is 6.17. The number of benzene rings is 2. The third-order valence-electron chi connectivity index (χ3n) is 2.58. The standard InChI is InChI=1S/C14H13BrClN/c1-10(13-7-2-3-8-14(13)16)17-12-6-4-5-11(15)9-12/h2-10,17H,1H3. The predicted octanol–water partition coefficient (Wildman–Crippen LogP) is 5.28. The Bertz CT molecular complexity index is 513. The average Bonchev–Trinajstić information content (AvgIpc) is 2.29. The maximum Gasteiger partial charge on any atom is 0.0500 e. The Morgan fingerprint density at radius 2 is 1.88 bits per heavy atom. The highest BCUT2D eigenvalue weighted by atomic mass is 79.9. The molecule has 1 nitrogen and oxygen atoms in total. The zero-order valence-electron chi connectivity index (χ0n) is 9.45. The lowest BCUT2D eigenvalue weighted by molar-refractivity contribution is 0.885. The van der Waals surface area contributed by atoms with Crippen molar-refractivity contribution >= 4 is 33.2 Å². The van der Waals surface area contributed by atoms with Crippen molar-refractivity contribution < 1.29 is 0 Å². The van der Waals surface area contributed by atoms with Gasteiger partial charge in [-0.3, -0.25) is 0 Å². The van der Waals surface area contributed by atoms with Gasteiger partial charge in [0.25, 0.3) is 0 Å². The molecule has 0 radical (unpaired) electrons. The van der Waals surface area contributed by atoms with Crippen LogP contribution in [0.15, 0.2) is 53.0 Å². The first kappa shape index (κ1) is 12.5. The van der Waals surface area contributed by atoms with Gasteiger partial charge in [0.1, 0.15) is 0 Å². The highest BCUT2D eigenvalue weighted by Gasteiger charge is 2.08. The minimum Gasteiger partial charge on any atom is -0.378 e. The summed E-state index contributed by atoms with van der Waals surface area (Å²) in [6.07, 6.45) is 0. The van der Waals surface area contributed by atoms with Gasteiger partial charge in [-0.25, -0.2) is 0 Å². The lowest BCUT2D eigenvalue weighted by Gasteiger charge is -2.17. The molecule has 2 aromatic carbocycles. The van der Waals surface area contributed by atoms with Gasteiger partial charge in [-0.15, -0.1) is 0 Å². The molecule has 2 rings (SSSR count). The largest absolute Gasteiger partial charge is 0.378 e. The molecule has 0 saturated heterocycles. The molecule has 0 aliphatic rings. The van der Waals surface area contributed by atoms with E-state index in [9.17, 15) is 0 Å². The Morgan fingerprint density at radius 1 is 1.12 bits per heavy atom. The number of nitrogens with one attached hydrogen (secondary N) is 1. The molecule has 0 heterocycles. The van der Waals surface area contributed by atoms with E-state index in [1.165, 1.54) is 0 Å². The molecule has 0 aliphatic heterocycles. The molecule has 3 heteroatoms.